The van der Waals surface area contributed by atoms with Crippen LogP contribution in [0.2, 0.25) is 0 Å². The first-order valence-corrected chi connectivity index (χ1v) is 2.88. The van der Waals surface area contributed by atoms with Crippen molar-refractivity contribution in [2.45, 2.75) is 18.7 Å². The monoisotopic (exact) mass is 136 g/mol. The summed E-state index contributed by atoms with van der Waals surface area (Å²) in [4.78, 5) is 10.4. The molecule has 0 N–H and O–H groups in total. The van der Waals surface area contributed by atoms with Gasteiger partial charge in [-0.2, -0.15) is 0 Å². The lowest BCUT2D eigenvalue weighted by Gasteiger charge is -2.00. The number of alkyl halides is 1. The summed E-state index contributed by atoms with van der Waals surface area (Å²) in [6.07, 6.45) is 0.619. The molecule has 0 amide bonds. The molecular weight excluding hydrogens is 128 g/mol. The van der Waals surface area contributed by atoms with Gasteiger partial charge in [0.2, 0.25) is 0 Å². The summed E-state index contributed by atoms with van der Waals surface area (Å²) in [6, 6.07) is 0. The van der Waals surface area contributed by atoms with Gasteiger partial charge in [0, 0.05) is 0 Å². The van der Waals surface area contributed by atoms with Gasteiger partial charge in [0.25, 0.3) is 0 Å². The maximum Gasteiger partial charge on any atom is 0.323 e. The highest BCUT2D eigenvalue weighted by atomic mass is 35.5. The van der Waals surface area contributed by atoms with Gasteiger partial charge in [-0.25, -0.2) is 0 Å². The third-order valence-corrected chi connectivity index (χ3v) is 1.30. The van der Waals surface area contributed by atoms with E-state index < -0.39 is 5.38 Å². The van der Waals surface area contributed by atoms with Gasteiger partial charge in [-0.05, 0) is 6.42 Å². The highest BCUT2D eigenvalue weighted by Crippen LogP contribution is 2.01. The van der Waals surface area contributed by atoms with Gasteiger partial charge in [0.05, 0.1) is 7.11 Å². The fourth-order valence-electron chi connectivity index (χ4n) is 0.295. The van der Waals surface area contributed by atoms with Crippen molar-refractivity contribution in [3.8, 4) is 0 Å². The van der Waals surface area contributed by atoms with Crippen LogP contribution in [-0.4, -0.2) is 18.5 Å². The summed E-state index contributed by atoms with van der Waals surface area (Å²) in [7, 11) is 1.33. The van der Waals surface area contributed by atoms with Crippen molar-refractivity contribution in [3.63, 3.8) is 0 Å². The van der Waals surface area contributed by atoms with Gasteiger partial charge in [-0.15, -0.1) is 11.6 Å². The predicted molar refractivity (Wildman–Crippen MR) is 31.9 cm³/mol. The van der Waals surface area contributed by atoms with Crippen LogP contribution in [-0.2, 0) is 9.53 Å². The lowest BCUT2D eigenvalue weighted by molar-refractivity contribution is -0.140. The van der Waals surface area contributed by atoms with E-state index in [9.17, 15) is 4.79 Å². The third-order valence-electron chi connectivity index (χ3n) is 0.815. The first kappa shape index (κ1) is 7.76. The van der Waals surface area contributed by atoms with Crippen LogP contribution in [0.4, 0.5) is 0 Å². The van der Waals surface area contributed by atoms with Gasteiger partial charge in [0.1, 0.15) is 5.38 Å². The average Bonchev–Trinajstić information content (AvgIpc) is 1.84. The van der Waals surface area contributed by atoms with Crippen LogP contribution in [0.1, 0.15) is 13.3 Å². The SMILES string of the molecule is CCC(Cl)C(=O)OC. The molecule has 0 fully saturated rings. The van der Waals surface area contributed by atoms with Crippen LogP contribution in [0.15, 0.2) is 0 Å². The molecule has 0 saturated carbocycles. The minimum atomic E-state index is -0.472. The standard InChI is InChI=1S/C5H9ClO2/c1-3-4(6)5(7)8-2/h4H,3H2,1-2H3. The Labute approximate surface area is 53.8 Å². The molecule has 0 aromatic rings. The lowest BCUT2D eigenvalue weighted by Crippen LogP contribution is -2.14. The zero-order valence-electron chi connectivity index (χ0n) is 4.98. The molecule has 0 rings (SSSR count). The molecule has 1 unspecified atom stereocenters. The largest absolute Gasteiger partial charge is 0.468 e. The molecule has 0 heterocycles. The molecule has 0 aromatic heterocycles. The van der Waals surface area contributed by atoms with E-state index in [1.165, 1.54) is 7.11 Å². The zero-order chi connectivity index (χ0) is 6.57. The lowest BCUT2D eigenvalue weighted by atomic mass is 10.3. The van der Waals surface area contributed by atoms with E-state index in [2.05, 4.69) is 4.74 Å². The normalized spacial score (nSPS) is 12.9. The summed E-state index contributed by atoms with van der Waals surface area (Å²) in [5.41, 5.74) is 0. The van der Waals surface area contributed by atoms with Crippen LogP contribution in [0, 0.1) is 0 Å². The average molecular weight is 137 g/mol. The Morgan fingerprint density at radius 2 is 2.38 bits per heavy atom. The summed E-state index contributed by atoms with van der Waals surface area (Å²) in [5.74, 6) is -0.353. The van der Waals surface area contributed by atoms with Crippen molar-refractivity contribution in [2.75, 3.05) is 7.11 Å². The Kier molecular flexibility index (Phi) is 3.61. The fraction of sp³-hybridized carbons (Fsp3) is 0.800. The minimum Gasteiger partial charge on any atom is -0.468 e. The highest BCUT2D eigenvalue weighted by Gasteiger charge is 2.11. The summed E-state index contributed by atoms with van der Waals surface area (Å²) in [6.45, 7) is 1.83. The predicted octanol–water partition coefficient (Wildman–Crippen LogP) is 1.18. The van der Waals surface area contributed by atoms with E-state index in [4.69, 9.17) is 11.6 Å². The summed E-state index contributed by atoms with van der Waals surface area (Å²) >= 11 is 5.44. The van der Waals surface area contributed by atoms with Crippen LogP contribution < -0.4 is 0 Å². The van der Waals surface area contributed by atoms with Crippen LogP contribution in [0.25, 0.3) is 0 Å². The van der Waals surface area contributed by atoms with Crippen molar-refractivity contribution in [1.82, 2.24) is 0 Å². The van der Waals surface area contributed by atoms with Gasteiger partial charge in [0.15, 0.2) is 0 Å². The molecule has 1 atom stereocenters. The maximum absolute atomic E-state index is 10.4. The van der Waals surface area contributed by atoms with Crippen molar-refractivity contribution >= 4 is 17.6 Å². The number of methoxy groups -OCH3 is 1. The van der Waals surface area contributed by atoms with Crippen molar-refractivity contribution in [1.29, 1.82) is 0 Å². The molecule has 2 nitrogen and oxygen atoms in total. The molecule has 0 saturated heterocycles. The van der Waals surface area contributed by atoms with Crippen LogP contribution in [0.5, 0.6) is 0 Å². The molecule has 0 aliphatic carbocycles. The van der Waals surface area contributed by atoms with Crippen molar-refractivity contribution in [3.05, 3.63) is 0 Å². The molecule has 0 aliphatic heterocycles. The highest BCUT2D eigenvalue weighted by molar-refractivity contribution is 6.29. The molecule has 0 radical (unpaired) electrons. The fourth-order valence-corrected chi connectivity index (χ4v) is 0.384. The first-order valence-electron chi connectivity index (χ1n) is 2.44. The van der Waals surface area contributed by atoms with Gasteiger partial charge in [-0.3, -0.25) is 4.79 Å². The minimum absolute atomic E-state index is 0.353. The maximum atomic E-state index is 10.4. The Bertz CT molecular complexity index is 82.5. The third kappa shape index (κ3) is 2.17. The zero-order valence-corrected chi connectivity index (χ0v) is 5.73. The number of halogens is 1. The number of hydrogen-bond acceptors (Lipinski definition) is 2. The van der Waals surface area contributed by atoms with Gasteiger partial charge < -0.3 is 4.74 Å². The second-order valence-electron chi connectivity index (χ2n) is 1.40. The van der Waals surface area contributed by atoms with E-state index in [1.807, 2.05) is 6.92 Å². The van der Waals surface area contributed by atoms with E-state index >= 15 is 0 Å². The van der Waals surface area contributed by atoms with E-state index in [1.54, 1.807) is 0 Å². The molecule has 0 spiro atoms. The molecule has 8 heavy (non-hydrogen) atoms. The van der Waals surface area contributed by atoms with Crippen LogP contribution >= 0.6 is 11.6 Å². The van der Waals surface area contributed by atoms with Crippen molar-refractivity contribution in [2.24, 2.45) is 0 Å². The molecule has 3 heteroatoms. The summed E-state index contributed by atoms with van der Waals surface area (Å²) in [5, 5.41) is -0.472. The quantitative estimate of drug-likeness (QED) is 0.421. The Balaban J connectivity index is 3.46. The number of carbonyl (C=O) groups is 1. The number of esters is 1. The molecule has 0 aromatic carbocycles. The first-order chi connectivity index (χ1) is 3.72. The topological polar surface area (TPSA) is 26.3 Å². The number of hydrogen-bond donors (Lipinski definition) is 0. The molecular formula is C5H9ClO2. The Hall–Kier alpha value is -0.240. The Morgan fingerprint density at radius 1 is 1.88 bits per heavy atom. The van der Waals surface area contributed by atoms with E-state index in [0.717, 1.165) is 0 Å². The Morgan fingerprint density at radius 3 is 2.50 bits per heavy atom. The van der Waals surface area contributed by atoms with Crippen LogP contribution in [0.3, 0.4) is 0 Å². The smallest absolute Gasteiger partial charge is 0.323 e. The van der Waals surface area contributed by atoms with Crippen molar-refractivity contribution < 1.29 is 9.53 Å². The second kappa shape index (κ2) is 3.72. The van der Waals surface area contributed by atoms with Gasteiger partial charge in [-0.1, -0.05) is 6.92 Å². The number of carbonyl (C=O) groups excluding carboxylic acids is 1. The molecule has 0 aliphatic rings. The van der Waals surface area contributed by atoms with Gasteiger partial charge >= 0.3 is 5.97 Å². The van der Waals surface area contributed by atoms with E-state index in [0.29, 0.717) is 6.42 Å². The number of rotatable bonds is 2. The summed E-state index contributed by atoms with van der Waals surface area (Å²) < 4.78 is 4.33. The number of ether oxygens (including phenoxy) is 1. The molecule has 48 valence electrons. The molecule has 0 bridgehead atoms. The van der Waals surface area contributed by atoms with E-state index in [-0.39, 0.29) is 5.97 Å². The second-order valence-corrected chi connectivity index (χ2v) is 1.93.